The smallest absolute Gasteiger partial charge is 0.0555 e. The van der Waals surface area contributed by atoms with Crippen LogP contribution in [0.1, 0.15) is 0 Å². The molecule has 5 heteroatoms. The molecule has 0 aliphatic carbocycles. The predicted octanol–water partition coefficient (Wildman–Crippen LogP) is 17.6. The van der Waals surface area contributed by atoms with Crippen molar-refractivity contribution in [2.45, 2.75) is 0 Å². The third-order valence-corrected chi connectivity index (χ3v) is 13.5. The maximum absolute atomic E-state index is 2.45. The van der Waals surface area contributed by atoms with Crippen molar-refractivity contribution in [1.82, 2.24) is 4.57 Å². The molecule has 308 valence electrons. The van der Waals surface area contributed by atoms with E-state index < -0.39 is 0 Å². The van der Waals surface area contributed by atoms with Gasteiger partial charge in [0, 0.05) is 87.8 Å². The van der Waals surface area contributed by atoms with Crippen molar-refractivity contribution in [3.63, 3.8) is 0 Å². The van der Waals surface area contributed by atoms with Crippen LogP contribution in [-0.2, 0) is 0 Å². The molecule has 0 saturated heterocycles. The minimum Gasteiger partial charge on any atom is -0.311 e. The summed E-state index contributed by atoms with van der Waals surface area (Å²) in [7, 11) is 0. The number of fused-ring (bicyclic) bond motifs is 7. The number of aromatic nitrogens is 1. The van der Waals surface area contributed by atoms with Gasteiger partial charge < -0.3 is 19.3 Å². The van der Waals surface area contributed by atoms with Crippen molar-refractivity contribution in [3.8, 4) is 5.69 Å². The number of benzene rings is 10. The van der Waals surface area contributed by atoms with E-state index in [2.05, 4.69) is 274 Å². The van der Waals surface area contributed by atoms with Crippen LogP contribution in [0.5, 0.6) is 0 Å². The SMILES string of the molecule is c1ccc(N(c2ccccc2)c2ccc(-n3c4ccc(N(c5ccccc5)c5ccccc5)cc4c4c5sc6ccc(N(c7ccccc7)c7ccccc7)cc6c5ccc43)cc2)cc1. The minimum atomic E-state index is 1.10. The number of rotatable bonds is 10. The topological polar surface area (TPSA) is 14.7 Å². The predicted molar refractivity (Wildman–Crippen MR) is 278 cm³/mol. The summed E-state index contributed by atoms with van der Waals surface area (Å²) >= 11 is 1.88. The number of para-hydroxylation sites is 6. The fourth-order valence-electron chi connectivity index (χ4n) is 9.42. The van der Waals surface area contributed by atoms with Gasteiger partial charge in [-0.2, -0.15) is 0 Å². The first-order chi connectivity index (χ1) is 32.3. The van der Waals surface area contributed by atoms with Crippen molar-refractivity contribution < 1.29 is 0 Å². The Hall–Kier alpha value is -8.38. The molecule has 0 amide bonds. The molecule has 0 aliphatic rings. The van der Waals surface area contributed by atoms with E-state index in [1.165, 1.54) is 36.5 Å². The lowest BCUT2D eigenvalue weighted by Crippen LogP contribution is -2.10. The summed E-state index contributed by atoms with van der Waals surface area (Å²) in [5.41, 5.74) is 13.5. The van der Waals surface area contributed by atoms with E-state index in [0.717, 1.165) is 62.4 Å². The van der Waals surface area contributed by atoms with Gasteiger partial charge >= 0.3 is 0 Å². The van der Waals surface area contributed by atoms with Gasteiger partial charge in [-0.05, 0) is 140 Å². The van der Waals surface area contributed by atoms with Gasteiger partial charge in [-0.25, -0.2) is 0 Å². The quantitative estimate of drug-likeness (QED) is 0.136. The number of hydrogen-bond acceptors (Lipinski definition) is 4. The van der Waals surface area contributed by atoms with Crippen LogP contribution in [0.15, 0.2) is 255 Å². The van der Waals surface area contributed by atoms with Crippen molar-refractivity contribution in [2.24, 2.45) is 0 Å². The van der Waals surface area contributed by atoms with Crippen molar-refractivity contribution in [2.75, 3.05) is 14.7 Å². The van der Waals surface area contributed by atoms with Gasteiger partial charge in [0.2, 0.25) is 0 Å². The van der Waals surface area contributed by atoms with E-state index in [9.17, 15) is 0 Å². The molecule has 0 atom stereocenters. The summed E-state index contributed by atoms with van der Waals surface area (Å²) in [5, 5.41) is 4.97. The Morgan fingerprint density at radius 1 is 0.277 bits per heavy atom. The molecular formula is C60H42N4S. The fourth-order valence-corrected chi connectivity index (χ4v) is 10.7. The van der Waals surface area contributed by atoms with Gasteiger partial charge in [-0.1, -0.05) is 115 Å². The fraction of sp³-hybridized carbons (Fsp3) is 0. The molecule has 0 spiro atoms. The number of nitrogens with zero attached hydrogens (tertiary/aromatic N) is 4. The van der Waals surface area contributed by atoms with Crippen molar-refractivity contribution >= 4 is 105 Å². The molecule has 65 heavy (non-hydrogen) atoms. The monoisotopic (exact) mass is 850 g/mol. The molecule has 12 rings (SSSR count). The third-order valence-electron chi connectivity index (χ3n) is 12.3. The highest BCUT2D eigenvalue weighted by molar-refractivity contribution is 7.26. The Kier molecular flexibility index (Phi) is 9.66. The van der Waals surface area contributed by atoms with Crippen LogP contribution < -0.4 is 14.7 Å². The molecule has 0 radical (unpaired) electrons. The van der Waals surface area contributed by atoms with Gasteiger partial charge in [0.1, 0.15) is 0 Å². The molecule has 0 bridgehead atoms. The lowest BCUT2D eigenvalue weighted by molar-refractivity contribution is 1.17. The van der Waals surface area contributed by atoms with Gasteiger partial charge in [0.25, 0.3) is 0 Å². The molecule has 2 aromatic heterocycles. The zero-order valence-electron chi connectivity index (χ0n) is 35.4. The van der Waals surface area contributed by atoms with Crippen LogP contribution in [0.3, 0.4) is 0 Å². The molecule has 2 heterocycles. The highest BCUT2D eigenvalue weighted by Crippen LogP contribution is 2.47. The molecule has 0 unspecified atom stereocenters. The van der Waals surface area contributed by atoms with E-state index in [1.807, 2.05) is 11.3 Å². The first kappa shape index (κ1) is 38.3. The van der Waals surface area contributed by atoms with E-state index >= 15 is 0 Å². The Labute approximate surface area is 382 Å². The summed E-state index contributed by atoms with van der Waals surface area (Å²) in [5.74, 6) is 0. The lowest BCUT2D eigenvalue weighted by Gasteiger charge is -2.26. The van der Waals surface area contributed by atoms with Crippen LogP contribution in [-0.4, -0.2) is 4.57 Å². The summed E-state index contributed by atoms with van der Waals surface area (Å²) in [6.45, 7) is 0. The summed E-state index contributed by atoms with van der Waals surface area (Å²) in [6.07, 6.45) is 0. The average Bonchev–Trinajstić information content (AvgIpc) is 3.92. The van der Waals surface area contributed by atoms with Crippen LogP contribution in [0, 0.1) is 0 Å². The Morgan fingerprint density at radius 3 is 1.08 bits per heavy atom. The Balaban J connectivity index is 1.08. The van der Waals surface area contributed by atoms with E-state index in [1.54, 1.807) is 0 Å². The first-order valence-corrected chi connectivity index (χ1v) is 22.8. The Bertz CT molecular complexity index is 3460. The summed E-state index contributed by atoms with van der Waals surface area (Å²) in [4.78, 5) is 7.02. The zero-order valence-corrected chi connectivity index (χ0v) is 36.3. The van der Waals surface area contributed by atoms with Crippen LogP contribution >= 0.6 is 11.3 Å². The second kappa shape index (κ2) is 16.4. The zero-order chi connectivity index (χ0) is 43.1. The second-order valence-corrected chi connectivity index (χ2v) is 17.2. The van der Waals surface area contributed by atoms with Crippen LogP contribution in [0.4, 0.5) is 51.2 Å². The van der Waals surface area contributed by atoms with E-state index in [0.29, 0.717) is 0 Å². The van der Waals surface area contributed by atoms with Crippen LogP contribution in [0.2, 0.25) is 0 Å². The maximum Gasteiger partial charge on any atom is 0.0555 e. The molecule has 0 saturated carbocycles. The molecule has 4 nitrogen and oxygen atoms in total. The number of anilines is 9. The third kappa shape index (κ3) is 6.87. The first-order valence-electron chi connectivity index (χ1n) is 22.0. The van der Waals surface area contributed by atoms with Gasteiger partial charge in [0.15, 0.2) is 0 Å². The summed E-state index contributed by atoms with van der Waals surface area (Å²) in [6, 6.07) is 91.5. The highest BCUT2D eigenvalue weighted by Gasteiger charge is 2.22. The number of hydrogen-bond donors (Lipinski definition) is 0. The highest BCUT2D eigenvalue weighted by atomic mass is 32.1. The van der Waals surface area contributed by atoms with Gasteiger partial charge in [-0.3, -0.25) is 0 Å². The van der Waals surface area contributed by atoms with Crippen LogP contribution in [0.25, 0.3) is 47.7 Å². The average molecular weight is 851 g/mol. The standard InChI is InChI=1S/C60H42N4S/c1-7-19-43(20-8-1)61(44-21-9-2-10-22-44)49-31-33-50(34-32-49)64-56-38-35-51(62(45-23-11-3-12-24-45)46-25-13-4-14-26-46)42-55(56)59-57(64)39-37-53-54-41-52(36-40-58(54)65-60(53)59)63(47-27-15-5-16-28-47)48-29-17-6-18-30-48/h1-42H. The van der Waals surface area contributed by atoms with Gasteiger partial charge in [0.05, 0.1) is 11.0 Å². The lowest BCUT2D eigenvalue weighted by atomic mass is 10.1. The van der Waals surface area contributed by atoms with E-state index in [-0.39, 0.29) is 0 Å². The summed E-state index contributed by atoms with van der Waals surface area (Å²) < 4.78 is 4.99. The molecular weight excluding hydrogens is 809 g/mol. The molecule has 0 N–H and O–H groups in total. The Morgan fingerprint density at radius 2 is 0.631 bits per heavy atom. The van der Waals surface area contributed by atoms with Gasteiger partial charge in [-0.15, -0.1) is 11.3 Å². The second-order valence-electron chi connectivity index (χ2n) is 16.2. The number of thiophene rings is 1. The molecule has 0 aliphatic heterocycles. The molecule has 10 aromatic carbocycles. The van der Waals surface area contributed by atoms with Crippen molar-refractivity contribution in [1.29, 1.82) is 0 Å². The molecule has 0 fully saturated rings. The maximum atomic E-state index is 2.45. The molecule has 12 aromatic rings. The van der Waals surface area contributed by atoms with E-state index in [4.69, 9.17) is 0 Å². The minimum absolute atomic E-state index is 1.10. The normalized spacial score (nSPS) is 11.4. The van der Waals surface area contributed by atoms with Crippen molar-refractivity contribution in [3.05, 3.63) is 255 Å². The largest absolute Gasteiger partial charge is 0.311 e.